The van der Waals surface area contributed by atoms with Crippen LogP contribution in [0.25, 0.3) is 16.6 Å². The lowest BCUT2D eigenvalue weighted by Gasteiger charge is -2.05. The van der Waals surface area contributed by atoms with Crippen LogP contribution < -0.4 is 4.74 Å². The highest BCUT2D eigenvalue weighted by atomic mass is 35.5. The molecule has 0 aliphatic carbocycles. The van der Waals surface area contributed by atoms with Gasteiger partial charge in [-0.25, -0.2) is 14.5 Å². The first-order valence-electron chi connectivity index (χ1n) is 7.19. The van der Waals surface area contributed by atoms with Crippen molar-refractivity contribution < 1.29 is 4.74 Å². The maximum absolute atomic E-state index is 6.02. The highest BCUT2D eigenvalue weighted by Crippen LogP contribution is 2.22. The molecule has 6 heteroatoms. The van der Waals surface area contributed by atoms with E-state index in [-0.39, 0.29) is 6.61 Å². The number of para-hydroxylation sites is 1. The van der Waals surface area contributed by atoms with Crippen molar-refractivity contribution in [3.8, 4) is 5.75 Å². The van der Waals surface area contributed by atoms with Crippen molar-refractivity contribution in [3.63, 3.8) is 0 Å². The topological polar surface area (TPSA) is 52.3 Å². The largest absolute Gasteiger partial charge is 0.486 e. The zero-order valence-corrected chi connectivity index (χ0v) is 13.2. The van der Waals surface area contributed by atoms with Crippen molar-refractivity contribution in [2.45, 2.75) is 13.5 Å². The highest BCUT2D eigenvalue weighted by Gasteiger charge is 2.09. The molecule has 0 bridgehead atoms. The molecule has 0 spiro atoms. The van der Waals surface area contributed by atoms with Gasteiger partial charge in [-0.15, -0.1) is 5.10 Å². The van der Waals surface area contributed by atoms with Crippen LogP contribution >= 0.6 is 11.6 Å². The minimum Gasteiger partial charge on any atom is -0.486 e. The van der Waals surface area contributed by atoms with Crippen molar-refractivity contribution in [2.75, 3.05) is 0 Å². The summed E-state index contributed by atoms with van der Waals surface area (Å²) in [4.78, 5) is 8.92. The minimum absolute atomic E-state index is 0.289. The van der Waals surface area contributed by atoms with Gasteiger partial charge in [0.15, 0.2) is 11.5 Å². The molecule has 2 aromatic heterocycles. The Morgan fingerprint density at radius 1 is 1.17 bits per heavy atom. The Bertz CT molecular complexity index is 1010. The molecule has 0 amide bonds. The fraction of sp³-hybridized carbons (Fsp3) is 0.118. The van der Waals surface area contributed by atoms with Gasteiger partial charge in [-0.1, -0.05) is 23.7 Å². The van der Waals surface area contributed by atoms with E-state index in [2.05, 4.69) is 15.1 Å². The zero-order valence-electron chi connectivity index (χ0n) is 12.4. The molecule has 2 heterocycles. The third-order valence-corrected chi connectivity index (χ3v) is 4.05. The summed E-state index contributed by atoms with van der Waals surface area (Å²) in [7, 11) is 0. The van der Waals surface area contributed by atoms with E-state index in [0.717, 1.165) is 32.9 Å². The highest BCUT2D eigenvalue weighted by molar-refractivity contribution is 6.31. The van der Waals surface area contributed by atoms with Crippen LogP contribution in [-0.4, -0.2) is 19.6 Å². The number of aryl methyl sites for hydroxylation is 1. The van der Waals surface area contributed by atoms with Crippen LogP contribution in [0.3, 0.4) is 0 Å². The lowest BCUT2D eigenvalue weighted by Crippen LogP contribution is -1.98. The van der Waals surface area contributed by atoms with Crippen LogP contribution in [-0.2, 0) is 6.61 Å². The molecule has 0 unspecified atom stereocenters. The summed E-state index contributed by atoms with van der Waals surface area (Å²) in [6.07, 6.45) is 1.67. The number of hydrogen-bond acceptors (Lipinski definition) is 4. The van der Waals surface area contributed by atoms with Crippen LogP contribution in [0.15, 0.2) is 48.8 Å². The number of fused-ring (bicyclic) bond motifs is 3. The molecule has 4 aromatic rings. The number of hydrogen-bond donors (Lipinski definition) is 0. The summed E-state index contributed by atoms with van der Waals surface area (Å²) in [6.45, 7) is 2.23. The average Bonchev–Trinajstić information content (AvgIpc) is 2.99. The van der Waals surface area contributed by atoms with Crippen molar-refractivity contribution >= 4 is 28.2 Å². The Hall–Kier alpha value is -2.66. The van der Waals surface area contributed by atoms with Crippen LogP contribution in [0, 0.1) is 6.92 Å². The number of ether oxygens (including phenoxy) is 1. The second-order valence-corrected chi connectivity index (χ2v) is 5.66. The molecular formula is C17H13ClN4O. The molecular weight excluding hydrogens is 312 g/mol. The fourth-order valence-corrected chi connectivity index (χ4v) is 2.56. The molecule has 0 saturated heterocycles. The van der Waals surface area contributed by atoms with Gasteiger partial charge in [0.25, 0.3) is 0 Å². The number of halogens is 1. The molecule has 4 rings (SSSR count). The number of aromatic nitrogens is 4. The quantitative estimate of drug-likeness (QED) is 0.575. The van der Waals surface area contributed by atoms with E-state index in [1.807, 2.05) is 49.4 Å². The van der Waals surface area contributed by atoms with E-state index in [1.54, 1.807) is 10.8 Å². The number of benzene rings is 2. The molecule has 0 N–H and O–H groups in total. The Balaban J connectivity index is 1.64. The second-order valence-electron chi connectivity index (χ2n) is 5.26. The van der Waals surface area contributed by atoms with Gasteiger partial charge in [-0.05, 0) is 42.8 Å². The predicted octanol–water partition coefficient (Wildman–Crippen LogP) is 3.82. The van der Waals surface area contributed by atoms with Crippen LogP contribution in [0.5, 0.6) is 5.75 Å². The SMILES string of the molecule is Cc1cc(OCc2nc3c4ccccc4ncn3n2)ccc1Cl. The Morgan fingerprint density at radius 2 is 2.04 bits per heavy atom. The van der Waals surface area contributed by atoms with Crippen molar-refractivity contribution in [2.24, 2.45) is 0 Å². The normalized spacial score (nSPS) is 11.2. The zero-order chi connectivity index (χ0) is 15.8. The van der Waals surface area contributed by atoms with Crippen LogP contribution in [0.4, 0.5) is 0 Å². The van der Waals surface area contributed by atoms with Gasteiger partial charge in [0.1, 0.15) is 18.7 Å². The van der Waals surface area contributed by atoms with Gasteiger partial charge >= 0.3 is 0 Å². The minimum atomic E-state index is 0.289. The second kappa shape index (κ2) is 5.52. The molecule has 0 aliphatic rings. The predicted molar refractivity (Wildman–Crippen MR) is 88.8 cm³/mol. The summed E-state index contributed by atoms with van der Waals surface area (Å²) in [5.41, 5.74) is 2.65. The summed E-state index contributed by atoms with van der Waals surface area (Å²) in [6, 6.07) is 13.4. The molecule has 5 nitrogen and oxygen atoms in total. The average molecular weight is 325 g/mol. The monoisotopic (exact) mass is 324 g/mol. The Morgan fingerprint density at radius 3 is 2.91 bits per heavy atom. The standard InChI is InChI=1S/C17H13ClN4O/c1-11-8-12(6-7-14(11)18)23-9-16-20-17-13-4-2-3-5-15(13)19-10-22(17)21-16/h2-8,10H,9H2,1H3. The first kappa shape index (κ1) is 14.0. The van der Waals surface area contributed by atoms with Gasteiger partial charge in [-0.3, -0.25) is 0 Å². The van der Waals surface area contributed by atoms with E-state index in [1.165, 1.54) is 0 Å². The van der Waals surface area contributed by atoms with Crippen molar-refractivity contribution in [3.05, 3.63) is 65.2 Å². The van der Waals surface area contributed by atoms with E-state index < -0.39 is 0 Å². The molecule has 2 aromatic carbocycles. The van der Waals surface area contributed by atoms with E-state index >= 15 is 0 Å². The number of rotatable bonds is 3. The molecule has 23 heavy (non-hydrogen) atoms. The van der Waals surface area contributed by atoms with E-state index in [4.69, 9.17) is 16.3 Å². The first-order chi connectivity index (χ1) is 11.2. The van der Waals surface area contributed by atoms with Gasteiger partial charge in [0.2, 0.25) is 0 Å². The van der Waals surface area contributed by atoms with Gasteiger partial charge in [0, 0.05) is 10.4 Å². The smallest absolute Gasteiger partial charge is 0.189 e. The fourth-order valence-electron chi connectivity index (χ4n) is 2.44. The molecule has 0 aliphatic heterocycles. The van der Waals surface area contributed by atoms with Crippen molar-refractivity contribution in [1.29, 1.82) is 0 Å². The van der Waals surface area contributed by atoms with Crippen LogP contribution in [0.1, 0.15) is 11.4 Å². The maximum atomic E-state index is 6.02. The van der Waals surface area contributed by atoms with Gasteiger partial charge in [-0.2, -0.15) is 0 Å². The molecule has 0 fully saturated rings. The summed E-state index contributed by atoms with van der Waals surface area (Å²) < 4.78 is 7.43. The first-order valence-corrected chi connectivity index (χ1v) is 7.56. The molecule has 0 saturated carbocycles. The third-order valence-electron chi connectivity index (χ3n) is 3.62. The van der Waals surface area contributed by atoms with Gasteiger partial charge < -0.3 is 4.74 Å². The lowest BCUT2D eigenvalue weighted by molar-refractivity contribution is 0.296. The van der Waals surface area contributed by atoms with Crippen LogP contribution in [0.2, 0.25) is 5.02 Å². The molecule has 114 valence electrons. The van der Waals surface area contributed by atoms with E-state index in [0.29, 0.717) is 5.82 Å². The third kappa shape index (κ3) is 2.59. The van der Waals surface area contributed by atoms with E-state index in [9.17, 15) is 0 Å². The summed E-state index contributed by atoms with van der Waals surface area (Å²) in [5, 5.41) is 6.10. The Labute approximate surface area is 137 Å². The summed E-state index contributed by atoms with van der Waals surface area (Å²) >= 11 is 6.02. The number of nitrogens with zero attached hydrogens (tertiary/aromatic N) is 4. The summed E-state index contributed by atoms with van der Waals surface area (Å²) in [5.74, 6) is 1.35. The molecule has 0 atom stereocenters. The lowest BCUT2D eigenvalue weighted by atomic mass is 10.2. The van der Waals surface area contributed by atoms with Crippen molar-refractivity contribution in [1.82, 2.24) is 19.6 Å². The van der Waals surface area contributed by atoms with Gasteiger partial charge in [0.05, 0.1) is 5.52 Å². The Kier molecular flexibility index (Phi) is 3.35. The maximum Gasteiger partial charge on any atom is 0.189 e. The molecule has 0 radical (unpaired) electrons.